The molecular formula is C12H26O2Sn. The third-order valence-corrected chi connectivity index (χ3v) is 11.9. The first-order valence-electron chi connectivity index (χ1n) is 6.11. The Balaban J connectivity index is 0. The van der Waals surface area contributed by atoms with E-state index in [-0.39, 0.29) is 0 Å². The summed E-state index contributed by atoms with van der Waals surface area (Å²) in [6.45, 7) is 7.51. The zero-order valence-electron chi connectivity index (χ0n) is 10.5. The van der Waals surface area contributed by atoms with Crippen LogP contribution >= 0.6 is 0 Å². The predicted molar refractivity (Wildman–Crippen MR) is 68.6 cm³/mol. The van der Waals surface area contributed by atoms with Crippen LogP contribution in [0.15, 0.2) is 0 Å². The van der Waals surface area contributed by atoms with E-state index in [2.05, 4.69) is 20.8 Å². The van der Waals surface area contributed by atoms with Crippen molar-refractivity contribution in [2.45, 2.75) is 66.2 Å². The van der Waals surface area contributed by atoms with Crippen LogP contribution in [0, 0.1) is 0 Å². The minimum atomic E-state index is -0.812. The van der Waals surface area contributed by atoms with Crippen LogP contribution in [0.2, 0.25) is 13.3 Å². The van der Waals surface area contributed by atoms with Crippen molar-refractivity contribution in [1.29, 1.82) is 0 Å². The first-order valence-corrected chi connectivity index (χ1v) is 12.2. The molecule has 15 heavy (non-hydrogen) atoms. The van der Waals surface area contributed by atoms with Gasteiger partial charge in [-0.05, 0) is 0 Å². The van der Waals surface area contributed by atoms with Gasteiger partial charge in [0.25, 0.3) is 0 Å². The van der Waals surface area contributed by atoms with Gasteiger partial charge in [0.1, 0.15) is 0 Å². The quantitative estimate of drug-likeness (QED) is 0.540. The molecule has 0 aromatic carbocycles. The molecule has 90 valence electrons. The molecule has 0 aliphatic rings. The van der Waals surface area contributed by atoms with E-state index in [1.54, 1.807) is 13.3 Å². The zero-order valence-corrected chi connectivity index (χ0v) is 13.4. The summed E-state index contributed by atoms with van der Waals surface area (Å²) in [6.07, 6.45) is 7.35. The molecule has 0 unspecified atom stereocenters. The van der Waals surface area contributed by atoms with Crippen LogP contribution in [0.4, 0.5) is 0 Å². The van der Waals surface area contributed by atoms with E-state index in [0.29, 0.717) is 6.47 Å². The summed E-state index contributed by atoms with van der Waals surface area (Å²) in [5.74, 6) is 0. The Hall–Kier alpha value is 0.269. The summed E-state index contributed by atoms with van der Waals surface area (Å²) in [7, 11) is 0. The molecule has 0 heterocycles. The Morgan fingerprint density at radius 1 is 0.933 bits per heavy atom. The van der Waals surface area contributed by atoms with E-state index in [1.807, 2.05) is 0 Å². The molecule has 2 nitrogen and oxygen atoms in total. The van der Waals surface area contributed by atoms with E-state index in [4.69, 9.17) is 9.90 Å². The van der Waals surface area contributed by atoms with Gasteiger partial charge in [0, 0.05) is 0 Å². The maximum Gasteiger partial charge on any atom is -0.0744 e. The monoisotopic (exact) mass is 322 g/mol. The van der Waals surface area contributed by atoms with Gasteiger partial charge in [-0.2, -0.15) is 0 Å². The van der Waals surface area contributed by atoms with Crippen molar-refractivity contribution in [2.24, 2.45) is 0 Å². The summed E-state index contributed by atoms with van der Waals surface area (Å²) < 4.78 is 5.00. The molecular weight excluding hydrogens is 295 g/mol. The van der Waals surface area contributed by atoms with Crippen LogP contribution < -0.4 is 0 Å². The standard InChI is InChI=1S/2C4H9.C3H7.CHO2.Sn/c2*1-3-4-2;1-3-2;2-1-3;/h2*1,3-4H2,2H3;1,3H2,2H3;(H,2,3);/q;;;-1;+1. The van der Waals surface area contributed by atoms with Crippen molar-refractivity contribution in [3.63, 3.8) is 0 Å². The third kappa shape index (κ3) is 16.9. The van der Waals surface area contributed by atoms with Crippen LogP contribution in [0.25, 0.3) is 0 Å². The summed E-state index contributed by atoms with van der Waals surface area (Å²) in [5, 5.41) is 6.76. The molecule has 0 aliphatic heterocycles. The Morgan fingerprint density at radius 2 is 1.33 bits per heavy atom. The van der Waals surface area contributed by atoms with Gasteiger partial charge in [-0.25, -0.2) is 0 Å². The SMILES string of the molecule is CCC[CH2][Sn+]([CH2]CC)[CH2]CCC.O=[C-]O. The molecule has 0 bridgehead atoms. The van der Waals surface area contributed by atoms with Gasteiger partial charge in [0.2, 0.25) is 0 Å². The summed E-state index contributed by atoms with van der Waals surface area (Å²) >= 11 is -0.812. The van der Waals surface area contributed by atoms with Gasteiger partial charge in [0.05, 0.1) is 0 Å². The van der Waals surface area contributed by atoms with Crippen LogP contribution in [-0.2, 0) is 4.79 Å². The molecule has 0 atom stereocenters. The Kier molecular flexibility index (Phi) is 19.6. The molecule has 0 spiro atoms. The van der Waals surface area contributed by atoms with Crippen LogP contribution in [0.3, 0.4) is 0 Å². The molecule has 0 radical (unpaired) electrons. The normalized spacial score (nSPS) is 9.00. The molecule has 0 amide bonds. The fourth-order valence-corrected chi connectivity index (χ4v) is 10.6. The Bertz CT molecular complexity index is 110. The molecule has 0 aromatic rings. The number of aliphatic hydroxyl groups excluding tert-OH is 1. The number of rotatable bonds is 8. The number of unbranched alkanes of at least 4 members (excludes halogenated alkanes) is 2. The van der Waals surface area contributed by atoms with Crippen molar-refractivity contribution in [2.75, 3.05) is 0 Å². The number of hydrogen-bond acceptors (Lipinski definition) is 1. The Morgan fingerprint density at radius 3 is 1.60 bits per heavy atom. The van der Waals surface area contributed by atoms with Crippen molar-refractivity contribution >= 4 is 26.2 Å². The molecule has 0 aromatic heterocycles. The van der Waals surface area contributed by atoms with Gasteiger partial charge in [-0.15, -0.1) is 0 Å². The number of hydrogen-bond donors (Lipinski definition) is 1. The summed E-state index contributed by atoms with van der Waals surface area (Å²) in [5.41, 5.74) is 0. The van der Waals surface area contributed by atoms with E-state index >= 15 is 0 Å². The first-order chi connectivity index (χ1) is 7.26. The fraction of sp³-hybridized carbons (Fsp3) is 0.917. The smallest absolute Gasteiger partial charge is 0.0744 e. The van der Waals surface area contributed by atoms with Crippen LogP contribution in [0.1, 0.15) is 52.9 Å². The minimum Gasteiger partial charge on any atom is -0.665 e. The second-order valence-electron chi connectivity index (χ2n) is 3.80. The largest absolute Gasteiger partial charge is 0.665 e. The maximum absolute atomic E-state index is 8.24. The molecule has 0 saturated heterocycles. The summed E-state index contributed by atoms with van der Waals surface area (Å²) in [6, 6.07) is 0. The average molecular weight is 321 g/mol. The van der Waals surface area contributed by atoms with E-state index < -0.39 is 19.8 Å². The van der Waals surface area contributed by atoms with Crippen LogP contribution in [0.5, 0.6) is 0 Å². The third-order valence-electron chi connectivity index (χ3n) is 2.37. The van der Waals surface area contributed by atoms with Crippen molar-refractivity contribution in [3.8, 4) is 0 Å². The minimum absolute atomic E-state index is 0.500. The van der Waals surface area contributed by atoms with Crippen molar-refractivity contribution in [3.05, 3.63) is 0 Å². The van der Waals surface area contributed by atoms with Crippen molar-refractivity contribution < 1.29 is 9.90 Å². The van der Waals surface area contributed by atoms with E-state index in [1.165, 1.54) is 32.1 Å². The second-order valence-corrected chi connectivity index (χ2v) is 12.4. The van der Waals surface area contributed by atoms with Gasteiger partial charge in [0.15, 0.2) is 0 Å². The second kappa shape index (κ2) is 16.7. The topological polar surface area (TPSA) is 37.3 Å². The van der Waals surface area contributed by atoms with Gasteiger partial charge in [-0.1, -0.05) is 6.47 Å². The molecule has 1 N–H and O–H groups in total. The summed E-state index contributed by atoms with van der Waals surface area (Å²) in [4.78, 5) is 8.24. The Labute approximate surface area is 102 Å². The molecule has 0 saturated carbocycles. The van der Waals surface area contributed by atoms with Gasteiger partial charge >= 0.3 is 85.9 Å². The molecule has 0 aliphatic carbocycles. The predicted octanol–water partition coefficient (Wildman–Crippen LogP) is 4.10. The van der Waals surface area contributed by atoms with Gasteiger partial charge < -0.3 is 9.90 Å². The average Bonchev–Trinajstić information content (AvgIpc) is 2.23. The van der Waals surface area contributed by atoms with E-state index in [9.17, 15) is 0 Å². The molecule has 3 heteroatoms. The molecule has 0 fully saturated rings. The first kappa shape index (κ1) is 17.7. The molecule has 0 rings (SSSR count). The van der Waals surface area contributed by atoms with Crippen LogP contribution in [-0.4, -0.2) is 31.3 Å². The fourth-order valence-electron chi connectivity index (χ4n) is 1.58. The van der Waals surface area contributed by atoms with Gasteiger partial charge in [-0.3, -0.25) is 0 Å². The van der Waals surface area contributed by atoms with E-state index in [0.717, 1.165) is 0 Å². The maximum atomic E-state index is 8.24. The van der Waals surface area contributed by atoms with Crippen molar-refractivity contribution in [1.82, 2.24) is 0 Å². The zero-order chi connectivity index (χ0) is 11.9.